The summed E-state index contributed by atoms with van der Waals surface area (Å²) in [5, 5.41) is 8.86. The Hall–Kier alpha value is -0.960. The van der Waals surface area contributed by atoms with E-state index in [9.17, 15) is 8.78 Å². The normalized spacial score (nSPS) is 34.1. The third-order valence-electron chi connectivity index (χ3n) is 3.30. The van der Waals surface area contributed by atoms with Gasteiger partial charge in [-0.1, -0.05) is 30.3 Å². The Morgan fingerprint density at radius 3 is 2.29 bits per heavy atom. The van der Waals surface area contributed by atoms with Crippen LogP contribution in [0.15, 0.2) is 30.3 Å². The second-order valence-corrected chi connectivity index (χ2v) is 3.93. The smallest absolute Gasteiger partial charge is 0.263 e. The molecule has 1 fully saturated rings. The van der Waals surface area contributed by atoms with E-state index in [1.165, 1.54) is 6.92 Å². The van der Waals surface area contributed by atoms with Crippen molar-refractivity contribution in [3.63, 3.8) is 0 Å². The predicted molar refractivity (Wildman–Crippen MR) is 49.3 cm³/mol. The largest absolute Gasteiger partial charge is 0.396 e. The Labute approximate surface area is 81.4 Å². The van der Waals surface area contributed by atoms with E-state index < -0.39 is 23.9 Å². The summed E-state index contributed by atoms with van der Waals surface area (Å²) < 4.78 is 26.7. The zero-order chi connectivity index (χ0) is 10.4. The van der Waals surface area contributed by atoms with Crippen molar-refractivity contribution in [2.24, 2.45) is 5.92 Å². The average molecular weight is 198 g/mol. The fourth-order valence-electron chi connectivity index (χ4n) is 2.09. The first-order valence-corrected chi connectivity index (χ1v) is 4.59. The van der Waals surface area contributed by atoms with E-state index in [4.69, 9.17) is 5.11 Å². The van der Waals surface area contributed by atoms with Crippen LogP contribution in [0.1, 0.15) is 12.5 Å². The topological polar surface area (TPSA) is 20.2 Å². The third-order valence-corrected chi connectivity index (χ3v) is 3.30. The summed E-state index contributed by atoms with van der Waals surface area (Å²) in [6, 6.07) is 8.64. The maximum Gasteiger partial charge on any atom is 0.263 e. The molecule has 0 aliphatic heterocycles. The van der Waals surface area contributed by atoms with Crippen LogP contribution in [0.2, 0.25) is 0 Å². The van der Waals surface area contributed by atoms with Gasteiger partial charge in [0.2, 0.25) is 0 Å². The fraction of sp³-hybridized carbons (Fsp3) is 0.455. The van der Waals surface area contributed by atoms with Crippen molar-refractivity contribution in [1.29, 1.82) is 0 Å². The first kappa shape index (κ1) is 9.59. The molecule has 0 saturated heterocycles. The van der Waals surface area contributed by atoms with Crippen LogP contribution in [0, 0.1) is 5.92 Å². The molecule has 0 amide bonds. The Morgan fingerprint density at radius 2 is 1.86 bits per heavy atom. The van der Waals surface area contributed by atoms with Gasteiger partial charge in [-0.15, -0.1) is 0 Å². The molecule has 2 atom stereocenters. The lowest BCUT2D eigenvalue weighted by Crippen LogP contribution is -2.11. The van der Waals surface area contributed by atoms with Gasteiger partial charge in [-0.2, -0.15) is 0 Å². The highest BCUT2D eigenvalue weighted by atomic mass is 19.3. The minimum atomic E-state index is -2.77. The molecule has 0 heterocycles. The quantitative estimate of drug-likeness (QED) is 0.772. The van der Waals surface area contributed by atoms with Gasteiger partial charge < -0.3 is 5.11 Å². The van der Waals surface area contributed by atoms with Crippen molar-refractivity contribution in [1.82, 2.24) is 0 Å². The summed E-state index contributed by atoms with van der Waals surface area (Å²) >= 11 is 0. The van der Waals surface area contributed by atoms with Gasteiger partial charge in [0.1, 0.15) is 0 Å². The Balaban J connectivity index is 2.37. The molecule has 1 saturated carbocycles. The van der Waals surface area contributed by atoms with Crippen LogP contribution in [0.5, 0.6) is 0 Å². The molecule has 0 aromatic heterocycles. The molecule has 1 aliphatic rings. The fourth-order valence-corrected chi connectivity index (χ4v) is 2.09. The van der Waals surface area contributed by atoms with E-state index in [2.05, 4.69) is 0 Å². The van der Waals surface area contributed by atoms with E-state index in [0.717, 1.165) is 0 Å². The molecular formula is C11H12F2O. The SMILES string of the molecule is CC1(c2ccccc2)C(CO)C1(F)F. The monoisotopic (exact) mass is 198 g/mol. The number of hydrogen-bond acceptors (Lipinski definition) is 1. The van der Waals surface area contributed by atoms with Gasteiger partial charge in [0.15, 0.2) is 0 Å². The van der Waals surface area contributed by atoms with Crippen LogP contribution in [-0.4, -0.2) is 17.6 Å². The highest BCUT2D eigenvalue weighted by molar-refractivity contribution is 5.39. The summed E-state index contributed by atoms with van der Waals surface area (Å²) in [5.41, 5.74) is -0.577. The van der Waals surface area contributed by atoms with Crippen LogP contribution in [0.3, 0.4) is 0 Å². The number of aliphatic hydroxyl groups excluding tert-OH is 1. The number of hydrogen-bond donors (Lipinski definition) is 1. The van der Waals surface area contributed by atoms with Crippen molar-refractivity contribution in [2.75, 3.05) is 6.61 Å². The molecule has 14 heavy (non-hydrogen) atoms. The summed E-state index contributed by atoms with van der Waals surface area (Å²) in [5.74, 6) is -3.71. The maximum absolute atomic E-state index is 13.4. The molecule has 0 spiro atoms. The molecule has 1 N–H and O–H groups in total. The number of aliphatic hydroxyl groups is 1. The number of benzene rings is 1. The van der Waals surface area contributed by atoms with Crippen molar-refractivity contribution in [2.45, 2.75) is 18.3 Å². The minimum absolute atomic E-state index is 0.460. The molecular weight excluding hydrogens is 186 g/mol. The second-order valence-electron chi connectivity index (χ2n) is 3.93. The highest BCUT2D eigenvalue weighted by Crippen LogP contribution is 2.66. The van der Waals surface area contributed by atoms with Crippen molar-refractivity contribution < 1.29 is 13.9 Å². The first-order valence-electron chi connectivity index (χ1n) is 4.59. The minimum Gasteiger partial charge on any atom is -0.396 e. The van der Waals surface area contributed by atoms with Crippen molar-refractivity contribution in [3.8, 4) is 0 Å². The molecule has 1 aromatic carbocycles. The molecule has 2 unspecified atom stereocenters. The maximum atomic E-state index is 13.4. The van der Waals surface area contributed by atoms with E-state index >= 15 is 0 Å². The van der Waals surface area contributed by atoms with Crippen LogP contribution in [0.4, 0.5) is 8.78 Å². The van der Waals surface area contributed by atoms with Gasteiger partial charge in [-0.3, -0.25) is 0 Å². The van der Waals surface area contributed by atoms with E-state index in [1.54, 1.807) is 30.3 Å². The average Bonchev–Trinajstić information content (AvgIpc) is 2.63. The molecule has 76 valence electrons. The Kier molecular flexibility index (Phi) is 1.89. The van der Waals surface area contributed by atoms with Gasteiger partial charge in [0.05, 0.1) is 17.9 Å². The predicted octanol–water partition coefficient (Wildman–Crippen LogP) is 2.20. The lowest BCUT2D eigenvalue weighted by molar-refractivity contribution is 0.0684. The van der Waals surface area contributed by atoms with Gasteiger partial charge in [-0.05, 0) is 12.5 Å². The van der Waals surface area contributed by atoms with Gasteiger partial charge in [0.25, 0.3) is 5.92 Å². The number of alkyl halides is 2. The molecule has 3 heteroatoms. The molecule has 1 aliphatic carbocycles. The van der Waals surface area contributed by atoms with Crippen LogP contribution in [0.25, 0.3) is 0 Å². The molecule has 2 rings (SSSR count). The van der Waals surface area contributed by atoms with Crippen LogP contribution < -0.4 is 0 Å². The van der Waals surface area contributed by atoms with Gasteiger partial charge in [-0.25, -0.2) is 8.78 Å². The van der Waals surface area contributed by atoms with E-state index in [1.807, 2.05) is 0 Å². The lowest BCUT2D eigenvalue weighted by atomic mass is 9.95. The zero-order valence-electron chi connectivity index (χ0n) is 7.87. The highest BCUT2D eigenvalue weighted by Gasteiger charge is 2.77. The number of halogens is 2. The van der Waals surface area contributed by atoms with Gasteiger partial charge >= 0.3 is 0 Å². The molecule has 0 radical (unpaired) electrons. The van der Waals surface area contributed by atoms with Crippen molar-refractivity contribution >= 4 is 0 Å². The second kappa shape index (κ2) is 2.76. The van der Waals surface area contributed by atoms with Crippen LogP contribution in [-0.2, 0) is 5.41 Å². The molecule has 1 nitrogen and oxygen atoms in total. The zero-order valence-corrected chi connectivity index (χ0v) is 7.87. The summed E-state index contributed by atoms with van der Waals surface area (Å²) in [7, 11) is 0. The molecule has 0 bridgehead atoms. The van der Waals surface area contributed by atoms with E-state index in [0.29, 0.717) is 5.56 Å². The number of rotatable bonds is 2. The van der Waals surface area contributed by atoms with Crippen LogP contribution >= 0.6 is 0 Å². The van der Waals surface area contributed by atoms with Gasteiger partial charge in [0, 0.05) is 0 Å². The lowest BCUT2D eigenvalue weighted by Gasteiger charge is -2.09. The summed E-state index contributed by atoms with van der Waals surface area (Å²) in [6.45, 7) is 1.04. The first-order chi connectivity index (χ1) is 6.55. The molecule has 1 aromatic rings. The standard InChI is InChI=1S/C11H12F2O/c1-10(8-5-3-2-4-6-8)9(7-14)11(10,12)13/h2-6,9,14H,7H2,1H3. The van der Waals surface area contributed by atoms with Crippen molar-refractivity contribution in [3.05, 3.63) is 35.9 Å². The summed E-state index contributed by atoms with van der Waals surface area (Å²) in [4.78, 5) is 0. The Morgan fingerprint density at radius 1 is 1.29 bits per heavy atom. The summed E-state index contributed by atoms with van der Waals surface area (Å²) in [6.07, 6.45) is 0. The van der Waals surface area contributed by atoms with E-state index in [-0.39, 0.29) is 0 Å². The third kappa shape index (κ3) is 0.960. The Bertz CT molecular complexity index is 336.